The highest BCUT2D eigenvalue weighted by Gasteiger charge is 2.33. The summed E-state index contributed by atoms with van der Waals surface area (Å²) in [5.74, 6) is -9.84. The van der Waals surface area contributed by atoms with Gasteiger partial charge in [0.15, 0.2) is 5.96 Å². The Morgan fingerprint density at radius 3 is 1.73 bits per heavy atom. The molecule has 0 aliphatic rings. The molecule has 23 heteroatoms. The molecule has 62 heavy (non-hydrogen) atoms. The summed E-state index contributed by atoms with van der Waals surface area (Å²) in [6.45, 7) is 2.46. The van der Waals surface area contributed by atoms with E-state index in [9.17, 15) is 53.4 Å². The molecule has 18 N–H and O–H groups in total. The maximum Gasteiger partial charge on any atom is 0.326 e. The Hall–Kier alpha value is -7.30. The molecule has 0 saturated carbocycles. The van der Waals surface area contributed by atoms with Crippen molar-refractivity contribution in [1.29, 1.82) is 0 Å². The molecule has 0 aliphatic carbocycles. The standard InChI is InChI=1S/C39H56N12O11/c1-20(2)32(37(60)46-19-31(55)47-26(16-22-10-12-23(52)13-11-22)35(58)50-28(38(61)62)18-30(42)54)51-34(57)25(9-6-14-45-39(43)44)48-36(59)27(17-29(41)53)49-33(56)24(40)15-21-7-4-3-5-8-21/h3-5,7-8,10-13,20,24-28,32,52H,6,9,14-19,40H2,1-2H3,(H2,41,53)(H2,42,54)(H,46,60)(H,47,55)(H,48,59)(H,49,56)(H,50,58)(H,51,57)(H,61,62)(H4,43,44,45)/t24-,25-,26-,27-,28-,32-/m0/s1. The Morgan fingerprint density at radius 2 is 1.16 bits per heavy atom. The number of phenols is 1. The second-order valence-electron chi connectivity index (χ2n) is 14.5. The Kier molecular flexibility index (Phi) is 20.8. The van der Waals surface area contributed by atoms with Crippen molar-refractivity contribution < 1.29 is 53.4 Å². The number of rotatable bonds is 26. The van der Waals surface area contributed by atoms with Crippen molar-refractivity contribution in [1.82, 2.24) is 31.9 Å². The number of carboxylic acids is 1. The van der Waals surface area contributed by atoms with Crippen LogP contribution in [0, 0.1) is 5.92 Å². The van der Waals surface area contributed by atoms with E-state index in [0.29, 0.717) is 5.56 Å². The quantitative estimate of drug-likeness (QED) is 0.0241. The Balaban J connectivity index is 2.22. The van der Waals surface area contributed by atoms with Crippen LogP contribution in [0.1, 0.15) is 50.7 Å². The lowest BCUT2D eigenvalue weighted by molar-refractivity contribution is -0.143. The van der Waals surface area contributed by atoms with Gasteiger partial charge < -0.3 is 70.8 Å². The van der Waals surface area contributed by atoms with Gasteiger partial charge in [0, 0.05) is 13.0 Å². The number of aliphatic carboxylic acids is 1. The molecule has 0 bridgehead atoms. The number of carbonyl (C=O) groups excluding carboxylic acids is 8. The molecule has 0 heterocycles. The van der Waals surface area contributed by atoms with Crippen LogP contribution in [0.3, 0.4) is 0 Å². The summed E-state index contributed by atoms with van der Waals surface area (Å²) in [4.78, 5) is 119. The van der Waals surface area contributed by atoms with E-state index in [1.54, 1.807) is 44.2 Å². The number of aliphatic imine (C=N–C) groups is 1. The number of phenolic OH excluding ortho intramolecular Hbond substituents is 1. The van der Waals surface area contributed by atoms with Crippen molar-refractivity contribution in [3.63, 3.8) is 0 Å². The zero-order chi connectivity index (χ0) is 46.5. The van der Waals surface area contributed by atoms with Crippen molar-refractivity contribution in [3.05, 3.63) is 65.7 Å². The van der Waals surface area contributed by atoms with E-state index in [0.717, 1.165) is 5.56 Å². The third kappa shape index (κ3) is 18.7. The van der Waals surface area contributed by atoms with Gasteiger partial charge in [-0.2, -0.15) is 0 Å². The highest BCUT2D eigenvalue weighted by Crippen LogP contribution is 2.12. The van der Waals surface area contributed by atoms with Crippen LogP contribution in [0.25, 0.3) is 0 Å². The van der Waals surface area contributed by atoms with Crippen LogP contribution in [0.5, 0.6) is 5.75 Å². The van der Waals surface area contributed by atoms with Gasteiger partial charge in [-0.1, -0.05) is 56.3 Å². The predicted octanol–water partition coefficient (Wildman–Crippen LogP) is -4.41. The van der Waals surface area contributed by atoms with Crippen molar-refractivity contribution in [2.75, 3.05) is 13.1 Å². The summed E-state index contributed by atoms with van der Waals surface area (Å²) in [5, 5.41) is 33.5. The molecule has 0 radical (unpaired) electrons. The Morgan fingerprint density at radius 1 is 0.629 bits per heavy atom. The van der Waals surface area contributed by atoms with E-state index in [-0.39, 0.29) is 43.9 Å². The highest BCUT2D eigenvalue weighted by atomic mass is 16.4. The number of carbonyl (C=O) groups is 9. The molecule has 23 nitrogen and oxygen atoms in total. The molecule has 0 aliphatic heterocycles. The SMILES string of the molecule is CC(C)[C@H](NC(=O)[C@H](CCCN=C(N)N)NC(=O)[C@H](CC(N)=O)NC(=O)[C@@H](N)Cc1ccccc1)C(=O)NCC(=O)N[C@@H](Cc1ccc(O)cc1)C(=O)N[C@@H](CC(N)=O)C(=O)O. The van der Waals surface area contributed by atoms with E-state index in [4.69, 9.17) is 28.7 Å². The fraction of sp³-hybridized carbons (Fsp3) is 0.436. The highest BCUT2D eigenvalue weighted by molar-refractivity contribution is 5.97. The Labute approximate surface area is 356 Å². The monoisotopic (exact) mass is 868 g/mol. The molecule has 0 spiro atoms. The first-order chi connectivity index (χ1) is 29.2. The van der Waals surface area contributed by atoms with Crippen LogP contribution in [-0.2, 0) is 56.0 Å². The van der Waals surface area contributed by atoms with Gasteiger partial charge in [0.2, 0.25) is 47.3 Å². The van der Waals surface area contributed by atoms with Gasteiger partial charge in [0.05, 0.1) is 25.4 Å². The van der Waals surface area contributed by atoms with Crippen LogP contribution < -0.4 is 60.6 Å². The van der Waals surface area contributed by atoms with Crippen LogP contribution in [0.2, 0.25) is 0 Å². The molecule has 2 aromatic rings. The van der Waals surface area contributed by atoms with Gasteiger partial charge in [-0.3, -0.25) is 43.3 Å². The maximum absolute atomic E-state index is 13.8. The van der Waals surface area contributed by atoms with Gasteiger partial charge in [0.25, 0.3) is 0 Å². The predicted molar refractivity (Wildman–Crippen MR) is 223 cm³/mol. The molecular weight excluding hydrogens is 813 g/mol. The van der Waals surface area contributed by atoms with Crippen LogP contribution >= 0.6 is 0 Å². The number of guanidine groups is 1. The first-order valence-electron chi connectivity index (χ1n) is 19.4. The molecule has 0 aromatic heterocycles. The molecular formula is C39H56N12O11. The van der Waals surface area contributed by atoms with Gasteiger partial charge in [-0.25, -0.2) is 4.79 Å². The average molecular weight is 869 g/mol. The van der Waals surface area contributed by atoms with E-state index in [1.807, 2.05) is 0 Å². The van der Waals surface area contributed by atoms with Crippen LogP contribution in [-0.4, -0.2) is 119 Å². The summed E-state index contributed by atoms with van der Waals surface area (Å²) in [5.41, 5.74) is 28.6. The first kappa shape index (κ1) is 50.8. The van der Waals surface area contributed by atoms with E-state index in [1.165, 1.54) is 24.3 Å². The van der Waals surface area contributed by atoms with E-state index < -0.39 is 115 Å². The lowest BCUT2D eigenvalue weighted by Gasteiger charge is -2.27. The second-order valence-corrected chi connectivity index (χ2v) is 14.5. The zero-order valence-corrected chi connectivity index (χ0v) is 34.3. The van der Waals surface area contributed by atoms with Crippen molar-refractivity contribution in [3.8, 4) is 5.75 Å². The topological polar surface area (TPSA) is 409 Å². The fourth-order valence-electron chi connectivity index (χ4n) is 5.76. The number of nitrogens with two attached hydrogens (primary N) is 5. The average Bonchev–Trinajstić information content (AvgIpc) is 3.19. The summed E-state index contributed by atoms with van der Waals surface area (Å²) in [7, 11) is 0. The molecule has 2 aromatic carbocycles. The number of amides is 8. The van der Waals surface area contributed by atoms with Gasteiger partial charge >= 0.3 is 5.97 Å². The van der Waals surface area contributed by atoms with Gasteiger partial charge in [0.1, 0.15) is 36.0 Å². The lowest BCUT2D eigenvalue weighted by atomic mass is 10.0. The first-order valence-corrected chi connectivity index (χ1v) is 19.4. The summed E-state index contributed by atoms with van der Waals surface area (Å²) >= 11 is 0. The van der Waals surface area contributed by atoms with Crippen molar-refractivity contribution in [2.24, 2.45) is 39.6 Å². The molecule has 338 valence electrons. The second kappa shape index (κ2) is 25.4. The minimum Gasteiger partial charge on any atom is -0.508 e. The lowest BCUT2D eigenvalue weighted by Crippen LogP contribution is -2.59. The minimum absolute atomic E-state index is 0.0366. The fourth-order valence-corrected chi connectivity index (χ4v) is 5.76. The molecule has 0 unspecified atom stereocenters. The van der Waals surface area contributed by atoms with Gasteiger partial charge in [-0.15, -0.1) is 0 Å². The molecule has 6 atom stereocenters. The van der Waals surface area contributed by atoms with E-state index in [2.05, 4.69) is 36.9 Å². The number of aromatic hydroxyl groups is 1. The smallest absolute Gasteiger partial charge is 0.326 e. The summed E-state index contributed by atoms with van der Waals surface area (Å²) < 4.78 is 0. The Bertz CT molecular complexity index is 1930. The number of hydrogen-bond acceptors (Lipinski definition) is 12. The number of hydrogen-bond donors (Lipinski definition) is 13. The number of benzene rings is 2. The molecule has 8 amide bonds. The summed E-state index contributed by atoms with van der Waals surface area (Å²) in [6, 6.07) is 5.81. The third-order valence-corrected chi connectivity index (χ3v) is 8.97. The van der Waals surface area contributed by atoms with Crippen molar-refractivity contribution >= 4 is 59.2 Å². The maximum atomic E-state index is 13.8. The number of primary amides is 2. The summed E-state index contributed by atoms with van der Waals surface area (Å²) in [6.07, 6.45) is -1.45. The third-order valence-electron chi connectivity index (χ3n) is 8.97. The molecule has 0 saturated heterocycles. The van der Waals surface area contributed by atoms with Crippen LogP contribution in [0.15, 0.2) is 59.6 Å². The van der Waals surface area contributed by atoms with E-state index >= 15 is 0 Å². The molecule has 0 fully saturated rings. The number of nitrogens with one attached hydrogen (secondary N) is 6. The van der Waals surface area contributed by atoms with Gasteiger partial charge in [-0.05, 0) is 48.4 Å². The normalized spacial score (nSPS) is 13.7. The zero-order valence-electron chi connectivity index (χ0n) is 34.3. The van der Waals surface area contributed by atoms with Crippen molar-refractivity contribution in [2.45, 2.75) is 88.6 Å². The molecule has 2 rings (SSSR count). The number of nitrogens with zero attached hydrogens (tertiary/aromatic N) is 1. The largest absolute Gasteiger partial charge is 0.508 e. The number of carboxylic acid groups (broad SMARTS) is 1. The minimum atomic E-state index is -1.72. The van der Waals surface area contributed by atoms with Crippen LogP contribution in [0.4, 0.5) is 0 Å².